The Hall–Kier alpha value is -2.54. The molecule has 0 heterocycles. The summed E-state index contributed by atoms with van der Waals surface area (Å²) in [5.41, 5.74) is 2.85. The summed E-state index contributed by atoms with van der Waals surface area (Å²) in [7, 11) is -1.99. The summed E-state index contributed by atoms with van der Waals surface area (Å²) in [4.78, 5) is 13.7. The molecule has 0 atom stereocenters. The van der Waals surface area contributed by atoms with Gasteiger partial charge in [0.25, 0.3) is 10.0 Å². The SMILES string of the molecule is CCCN(C)C(=O)Nc1ccc(S(=O)(=O)Nc2c(C)cccc2C)cc1. The number of nitrogens with zero attached hydrogens (tertiary/aromatic N) is 1. The molecule has 0 aliphatic rings. The van der Waals surface area contributed by atoms with Crippen molar-refractivity contribution in [1.82, 2.24) is 4.90 Å². The Bertz CT molecular complexity index is 857. The molecule has 0 saturated carbocycles. The topological polar surface area (TPSA) is 78.5 Å². The highest BCUT2D eigenvalue weighted by Crippen LogP contribution is 2.24. The molecule has 7 heteroatoms. The summed E-state index contributed by atoms with van der Waals surface area (Å²) in [6, 6.07) is 11.5. The second kappa shape index (κ2) is 8.23. The monoisotopic (exact) mass is 375 g/mol. The molecule has 0 saturated heterocycles. The molecule has 2 N–H and O–H groups in total. The van der Waals surface area contributed by atoms with Crippen LogP contribution in [0, 0.1) is 13.8 Å². The quantitative estimate of drug-likeness (QED) is 0.802. The van der Waals surface area contributed by atoms with Crippen LogP contribution >= 0.6 is 0 Å². The van der Waals surface area contributed by atoms with E-state index in [1.54, 1.807) is 24.1 Å². The average Bonchev–Trinajstić information content (AvgIpc) is 2.59. The van der Waals surface area contributed by atoms with Crippen LogP contribution in [0.4, 0.5) is 16.2 Å². The number of carbonyl (C=O) groups is 1. The number of aryl methyl sites for hydroxylation is 2. The first kappa shape index (κ1) is 19.8. The fraction of sp³-hybridized carbons (Fsp3) is 0.316. The first-order chi connectivity index (χ1) is 12.2. The number of amides is 2. The molecule has 2 aromatic carbocycles. The summed E-state index contributed by atoms with van der Waals surface area (Å²) in [5.74, 6) is 0. The normalized spacial score (nSPS) is 11.1. The summed E-state index contributed by atoms with van der Waals surface area (Å²) in [6.45, 7) is 6.36. The molecule has 140 valence electrons. The van der Waals surface area contributed by atoms with Gasteiger partial charge in [-0.3, -0.25) is 4.72 Å². The lowest BCUT2D eigenvalue weighted by molar-refractivity contribution is 0.222. The average molecular weight is 375 g/mol. The van der Waals surface area contributed by atoms with Crippen LogP contribution in [0.2, 0.25) is 0 Å². The predicted molar refractivity (Wildman–Crippen MR) is 105 cm³/mol. The van der Waals surface area contributed by atoms with Crippen LogP contribution < -0.4 is 10.0 Å². The lowest BCUT2D eigenvalue weighted by Crippen LogP contribution is -2.31. The largest absolute Gasteiger partial charge is 0.328 e. The number of sulfonamides is 1. The van der Waals surface area contributed by atoms with Gasteiger partial charge in [-0.1, -0.05) is 25.1 Å². The van der Waals surface area contributed by atoms with Crippen molar-refractivity contribution >= 4 is 27.4 Å². The zero-order valence-corrected chi connectivity index (χ0v) is 16.4. The Kier molecular flexibility index (Phi) is 6.26. The van der Waals surface area contributed by atoms with Crippen molar-refractivity contribution in [2.75, 3.05) is 23.6 Å². The molecule has 0 bridgehead atoms. The van der Waals surface area contributed by atoms with Crippen LogP contribution in [0.3, 0.4) is 0 Å². The molecule has 2 rings (SSSR count). The van der Waals surface area contributed by atoms with E-state index >= 15 is 0 Å². The standard InChI is InChI=1S/C19H25N3O3S/c1-5-13-22(4)19(23)20-16-9-11-17(12-10-16)26(24,25)21-18-14(2)7-6-8-15(18)3/h6-12,21H,5,13H2,1-4H3,(H,20,23). The van der Waals surface area contributed by atoms with Crippen molar-refractivity contribution in [3.05, 3.63) is 53.6 Å². The smallest absolute Gasteiger partial charge is 0.321 e. The van der Waals surface area contributed by atoms with Crippen molar-refractivity contribution in [2.24, 2.45) is 0 Å². The zero-order chi connectivity index (χ0) is 19.3. The van der Waals surface area contributed by atoms with Gasteiger partial charge >= 0.3 is 6.03 Å². The van der Waals surface area contributed by atoms with E-state index in [1.807, 2.05) is 39.0 Å². The summed E-state index contributed by atoms with van der Waals surface area (Å²) in [5, 5.41) is 2.74. The Balaban J connectivity index is 2.15. The maximum atomic E-state index is 12.6. The molecule has 0 unspecified atom stereocenters. The van der Waals surface area contributed by atoms with E-state index in [9.17, 15) is 13.2 Å². The van der Waals surface area contributed by atoms with Crippen molar-refractivity contribution < 1.29 is 13.2 Å². The molecular weight excluding hydrogens is 350 g/mol. The Labute approximate surface area is 155 Å². The highest BCUT2D eigenvalue weighted by molar-refractivity contribution is 7.92. The fourth-order valence-corrected chi connectivity index (χ4v) is 3.74. The molecule has 0 aromatic heterocycles. The summed E-state index contributed by atoms with van der Waals surface area (Å²) < 4.78 is 27.9. The van der Waals surface area contributed by atoms with Gasteiger partial charge < -0.3 is 10.2 Å². The van der Waals surface area contributed by atoms with Gasteiger partial charge in [0.05, 0.1) is 10.6 Å². The van der Waals surface area contributed by atoms with Crippen LogP contribution in [0.15, 0.2) is 47.4 Å². The van der Waals surface area contributed by atoms with Crippen LogP contribution in [-0.2, 0) is 10.0 Å². The first-order valence-corrected chi connectivity index (χ1v) is 9.94. The third-order valence-corrected chi connectivity index (χ3v) is 5.40. The molecule has 0 fully saturated rings. The van der Waals surface area contributed by atoms with E-state index in [1.165, 1.54) is 12.1 Å². The Morgan fingerprint density at radius 3 is 2.15 bits per heavy atom. The Morgan fingerprint density at radius 1 is 1.04 bits per heavy atom. The molecule has 26 heavy (non-hydrogen) atoms. The van der Waals surface area contributed by atoms with Gasteiger partial charge in [0, 0.05) is 19.3 Å². The zero-order valence-electron chi connectivity index (χ0n) is 15.5. The van der Waals surface area contributed by atoms with Crippen molar-refractivity contribution in [1.29, 1.82) is 0 Å². The third-order valence-electron chi connectivity index (χ3n) is 4.04. The number of benzene rings is 2. The number of urea groups is 1. The molecule has 0 spiro atoms. The number of rotatable bonds is 6. The lowest BCUT2D eigenvalue weighted by atomic mass is 10.1. The maximum Gasteiger partial charge on any atom is 0.321 e. The van der Waals surface area contributed by atoms with Gasteiger partial charge in [-0.15, -0.1) is 0 Å². The number of hydrogen-bond donors (Lipinski definition) is 2. The molecule has 6 nitrogen and oxygen atoms in total. The minimum absolute atomic E-state index is 0.139. The summed E-state index contributed by atoms with van der Waals surface area (Å²) in [6.07, 6.45) is 0.866. The predicted octanol–water partition coefficient (Wildman–Crippen LogP) is 3.98. The molecule has 2 aromatic rings. The highest BCUT2D eigenvalue weighted by Gasteiger charge is 2.17. The van der Waals surface area contributed by atoms with Gasteiger partial charge in [-0.2, -0.15) is 0 Å². The van der Waals surface area contributed by atoms with E-state index in [-0.39, 0.29) is 10.9 Å². The molecule has 0 radical (unpaired) electrons. The highest BCUT2D eigenvalue weighted by atomic mass is 32.2. The second-order valence-corrected chi connectivity index (χ2v) is 7.93. The lowest BCUT2D eigenvalue weighted by Gasteiger charge is -2.17. The van der Waals surface area contributed by atoms with E-state index < -0.39 is 10.0 Å². The number of carbonyl (C=O) groups excluding carboxylic acids is 1. The van der Waals surface area contributed by atoms with E-state index in [0.29, 0.717) is 17.9 Å². The molecule has 0 aliphatic heterocycles. The molecule has 0 aliphatic carbocycles. The van der Waals surface area contributed by atoms with Crippen LogP contribution in [0.1, 0.15) is 24.5 Å². The van der Waals surface area contributed by atoms with E-state index in [4.69, 9.17) is 0 Å². The number of nitrogens with one attached hydrogen (secondary N) is 2. The van der Waals surface area contributed by atoms with Gasteiger partial charge in [-0.05, 0) is 55.7 Å². The van der Waals surface area contributed by atoms with Gasteiger partial charge in [0.1, 0.15) is 0 Å². The molecular formula is C19H25N3O3S. The Morgan fingerprint density at radius 2 is 1.62 bits per heavy atom. The van der Waals surface area contributed by atoms with Crippen LogP contribution in [-0.4, -0.2) is 32.9 Å². The minimum Gasteiger partial charge on any atom is -0.328 e. The molecule has 2 amide bonds. The van der Waals surface area contributed by atoms with Crippen molar-refractivity contribution in [3.63, 3.8) is 0 Å². The number of anilines is 2. The van der Waals surface area contributed by atoms with Gasteiger partial charge in [-0.25, -0.2) is 13.2 Å². The third kappa shape index (κ3) is 4.76. The fourth-order valence-electron chi connectivity index (χ4n) is 2.54. The summed E-state index contributed by atoms with van der Waals surface area (Å²) >= 11 is 0. The van der Waals surface area contributed by atoms with Gasteiger partial charge in [0.2, 0.25) is 0 Å². The maximum absolute atomic E-state index is 12.6. The van der Waals surface area contributed by atoms with Crippen molar-refractivity contribution in [3.8, 4) is 0 Å². The van der Waals surface area contributed by atoms with Gasteiger partial charge in [0.15, 0.2) is 0 Å². The van der Waals surface area contributed by atoms with Crippen LogP contribution in [0.25, 0.3) is 0 Å². The minimum atomic E-state index is -3.70. The van der Waals surface area contributed by atoms with Crippen LogP contribution in [0.5, 0.6) is 0 Å². The number of hydrogen-bond acceptors (Lipinski definition) is 3. The first-order valence-electron chi connectivity index (χ1n) is 8.46. The number of para-hydroxylation sites is 1. The van der Waals surface area contributed by atoms with E-state index in [0.717, 1.165) is 17.5 Å². The second-order valence-electron chi connectivity index (χ2n) is 6.25. The van der Waals surface area contributed by atoms with E-state index in [2.05, 4.69) is 10.0 Å². The van der Waals surface area contributed by atoms with Crippen molar-refractivity contribution in [2.45, 2.75) is 32.1 Å².